The lowest BCUT2D eigenvalue weighted by atomic mass is 10.1. The summed E-state index contributed by atoms with van der Waals surface area (Å²) in [6.45, 7) is 2.60. The highest BCUT2D eigenvalue weighted by molar-refractivity contribution is 9.10. The van der Waals surface area contributed by atoms with E-state index in [1.807, 2.05) is 30.3 Å². The number of nitrogens with zero attached hydrogens (tertiary/aromatic N) is 4. The molecule has 0 amide bonds. The standard InChI is InChI=1S/C23H23BrN4O2S/c24-18-8-10-19(11-9-18)31(29,30)28-15-12-21-20(16-28)23(27-13-4-5-14-27)26-22(25-21)17-6-2-1-3-7-17/h1-3,6-11H,4-5,12-16H2. The molecule has 0 saturated carbocycles. The van der Waals surface area contributed by atoms with Crippen molar-refractivity contribution in [2.24, 2.45) is 0 Å². The van der Waals surface area contributed by atoms with Crippen LogP contribution in [0.3, 0.4) is 0 Å². The molecule has 1 fully saturated rings. The molecule has 0 aliphatic carbocycles. The van der Waals surface area contributed by atoms with Crippen molar-refractivity contribution in [1.82, 2.24) is 14.3 Å². The summed E-state index contributed by atoms with van der Waals surface area (Å²) in [5.74, 6) is 1.60. The molecule has 31 heavy (non-hydrogen) atoms. The molecule has 1 saturated heterocycles. The lowest BCUT2D eigenvalue weighted by molar-refractivity contribution is 0.387. The first kappa shape index (κ1) is 20.6. The van der Waals surface area contributed by atoms with Crippen molar-refractivity contribution in [3.05, 3.63) is 70.3 Å². The molecular weight excluding hydrogens is 476 g/mol. The van der Waals surface area contributed by atoms with Crippen LogP contribution in [-0.4, -0.2) is 42.3 Å². The van der Waals surface area contributed by atoms with Gasteiger partial charge in [0.25, 0.3) is 0 Å². The molecule has 0 bridgehead atoms. The van der Waals surface area contributed by atoms with E-state index < -0.39 is 10.0 Å². The Kier molecular flexibility index (Phi) is 5.54. The second-order valence-corrected chi connectivity index (χ2v) is 10.8. The fourth-order valence-electron chi connectivity index (χ4n) is 4.24. The third-order valence-corrected chi connectivity index (χ3v) is 8.28. The van der Waals surface area contributed by atoms with Gasteiger partial charge in [0.1, 0.15) is 5.82 Å². The van der Waals surface area contributed by atoms with E-state index in [1.165, 1.54) is 0 Å². The highest BCUT2D eigenvalue weighted by atomic mass is 79.9. The summed E-state index contributed by atoms with van der Waals surface area (Å²) in [4.78, 5) is 12.4. The molecule has 0 radical (unpaired) electrons. The van der Waals surface area contributed by atoms with Crippen LogP contribution in [0.5, 0.6) is 0 Å². The van der Waals surface area contributed by atoms with Crippen LogP contribution in [-0.2, 0) is 23.0 Å². The molecule has 2 aliphatic heterocycles. The molecule has 8 heteroatoms. The van der Waals surface area contributed by atoms with E-state index in [4.69, 9.17) is 9.97 Å². The molecule has 160 valence electrons. The Labute approximate surface area is 191 Å². The summed E-state index contributed by atoms with van der Waals surface area (Å²) in [5, 5.41) is 0. The average molecular weight is 499 g/mol. The summed E-state index contributed by atoms with van der Waals surface area (Å²) < 4.78 is 29.0. The van der Waals surface area contributed by atoms with Crippen molar-refractivity contribution in [2.75, 3.05) is 24.5 Å². The Bertz CT molecular complexity index is 1190. The Morgan fingerprint density at radius 1 is 0.871 bits per heavy atom. The van der Waals surface area contributed by atoms with E-state index >= 15 is 0 Å². The van der Waals surface area contributed by atoms with Crippen molar-refractivity contribution in [3.63, 3.8) is 0 Å². The number of hydrogen-bond donors (Lipinski definition) is 0. The van der Waals surface area contributed by atoms with E-state index in [9.17, 15) is 8.42 Å². The van der Waals surface area contributed by atoms with Gasteiger partial charge < -0.3 is 4.90 Å². The van der Waals surface area contributed by atoms with Gasteiger partial charge in [-0.15, -0.1) is 0 Å². The predicted octanol–water partition coefficient (Wildman–Crippen LogP) is 4.25. The number of benzene rings is 2. The second-order valence-electron chi connectivity index (χ2n) is 7.90. The average Bonchev–Trinajstić information content (AvgIpc) is 3.33. The molecule has 0 atom stereocenters. The molecular formula is C23H23BrN4O2S. The van der Waals surface area contributed by atoms with Crippen LogP contribution >= 0.6 is 15.9 Å². The summed E-state index contributed by atoms with van der Waals surface area (Å²) in [5.41, 5.74) is 2.88. The fraction of sp³-hybridized carbons (Fsp3) is 0.304. The van der Waals surface area contributed by atoms with Crippen molar-refractivity contribution in [3.8, 4) is 11.4 Å². The SMILES string of the molecule is O=S(=O)(c1ccc(Br)cc1)N1CCc2nc(-c3ccccc3)nc(N3CCCC3)c2C1. The van der Waals surface area contributed by atoms with Crippen molar-refractivity contribution in [1.29, 1.82) is 0 Å². The van der Waals surface area contributed by atoms with E-state index in [2.05, 4.69) is 20.8 Å². The van der Waals surface area contributed by atoms with Gasteiger partial charge in [-0.1, -0.05) is 46.3 Å². The van der Waals surface area contributed by atoms with E-state index in [-0.39, 0.29) is 0 Å². The van der Waals surface area contributed by atoms with Crippen LogP contribution in [0.15, 0.2) is 64.0 Å². The van der Waals surface area contributed by atoms with Gasteiger partial charge in [-0.2, -0.15) is 4.31 Å². The smallest absolute Gasteiger partial charge is 0.243 e. The van der Waals surface area contributed by atoms with Gasteiger partial charge in [0, 0.05) is 48.2 Å². The minimum atomic E-state index is -3.59. The number of halogens is 1. The van der Waals surface area contributed by atoms with Crippen molar-refractivity contribution < 1.29 is 8.42 Å². The van der Waals surface area contributed by atoms with Gasteiger partial charge in [0.15, 0.2) is 5.82 Å². The predicted molar refractivity (Wildman–Crippen MR) is 124 cm³/mol. The topological polar surface area (TPSA) is 66.4 Å². The van der Waals surface area contributed by atoms with Gasteiger partial charge in [-0.05, 0) is 37.1 Å². The zero-order chi connectivity index (χ0) is 21.4. The van der Waals surface area contributed by atoms with E-state index in [0.717, 1.165) is 53.0 Å². The zero-order valence-corrected chi connectivity index (χ0v) is 19.4. The van der Waals surface area contributed by atoms with Gasteiger partial charge in [0.2, 0.25) is 10.0 Å². The maximum Gasteiger partial charge on any atom is 0.243 e. The van der Waals surface area contributed by atoms with Gasteiger partial charge in [0.05, 0.1) is 10.6 Å². The maximum absolute atomic E-state index is 13.3. The van der Waals surface area contributed by atoms with Crippen molar-refractivity contribution >= 4 is 31.8 Å². The van der Waals surface area contributed by atoms with Crippen LogP contribution in [0.25, 0.3) is 11.4 Å². The summed E-state index contributed by atoms with van der Waals surface area (Å²) >= 11 is 3.37. The van der Waals surface area contributed by atoms with Crippen LogP contribution < -0.4 is 4.90 Å². The minimum absolute atomic E-state index is 0.300. The quantitative estimate of drug-likeness (QED) is 0.537. The molecule has 3 heterocycles. The lowest BCUT2D eigenvalue weighted by Crippen LogP contribution is -2.38. The summed E-state index contributed by atoms with van der Waals surface area (Å²) in [7, 11) is -3.59. The normalized spacial score (nSPS) is 17.0. The van der Waals surface area contributed by atoms with E-state index in [0.29, 0.717) is 30.2 Å². The molecule has 3 aromatic rings. The zero-order valence-electron chi connectivity index (χ0n) is 17.0. The second kappa shape index (κ2) is 8.33. The molecule has 0 N–H and O–H groups in total. The Hall–Kier alpha value is -2.29. The maximum atomic E-state index is 13.3. The largest absolute Gasteiger partial charge is 0.356 e. The highest BCUT2D eigenvalue weighted by Gasteiger charge is 2.33. The van der Waals surface area contributed by atoms with Crippen LogP contribution in [0.4, 0.5) is 5.82 Å². The Morgan fingerprint density at radius 3 is 2.29 bits per heavy atom. The van der Waals surface area contributed by atoms with Gasteiger partial charge >= 0.3 is 0 Å². The number of rotatable bonds is 4. The molecule has 2 aromatic carbocycles. The Morgan fingerprint density at radius 2 is 1.58 bits per heavy atom. The minimum Gasteiger partial charge on any atom is -0.356 e. The summed E-state index contributed by atoms with van der Waals surface area (Å²) in [6, 6.07) is 16.8. The molecule has 0 spiro atoms. The number of hydrogen-bond acceptors (Lipinski definition) is 5. The van der Waals surface area contributed by atoms with Crippen LogP contribution in [0.1, 0.15) is 24.1 Å². The fourth-order valence-corrected chi connectivity index (χ4v) is 5.91. The number of aromatic nitrogens is 2. The van der Waals surface area contributed by atoms with E-state index in [1.54, 1.807) is 28.6 Å². The van der Waals surface area contributed by atoms with Crippen LogP contribution in [0, 0.1) is 0 Å². The third-order valence-electron chi connectivity index (χ3n) is 5.89. The summed E-state index contributed by atoms with van der Waals surface area (Å²) in [6.07, 6.45) is 2.83. The highest BCUT2D eigenvalue weighted by Crippen LogP contribution is 2.33. The first-order valence-electron chi connectivity index (χ1n) is 10.5. The molecule has 2 aliphatic rings. The van der Waals surface area contributed by atoms with Gasteiger partial charge in [-0.25, -0.2) is 18.4 Å². The molecule has 5 rings (SSSR count). The Balaban J connectivity index is 1.55. The number of fused-ring (bicyclic) bond motifs is 1. The number of anilines is 1. The molecule has 1 aromatic heterocycles. The first-order chi connectivity index (χ1) is 15.0. The lowest BCUT2D eigenvalue weighted by Gasteiger charge is -2.31. The monoisotopic (exact) mass is 498 g/mol. The van der Waals surface area contributed by atoms with Crippen LogP contribution in [0.2, 0.25) is 0 Å². The third kappa shape index (κ3) is 4.00. The molecule has 0 unspecified atom stereocenters. The number of sulfonamides is 1. The molecule has 6 nitrogen and oxygen atoms in total. The van der Waals surface area contributed by atoms with Crippen molar-refractivity contribution in [2.45, 2.75) is 30.7 Å². The first-order valence-corrected chi connectivity index (χ1v) is 12.7. The van der Waals surface area contributed by atoms with Gasteiger partial charge in [-0.3, -0.25) is 0 Å².